The van der Waals surface area contributed by atoms with Crippen molar-refractivity contribution in [3.8, 4) is 0 Å². The third-order valence-corrected chi connectivity index (χ3v) is 7.24. The van der Waals surface area contributed by atoms with Crippen molar-refractivity contribution in [1.82, 2.24) is 0 Å². The van der Waals surface area contributed by atoms with E-state index >= 15 is 0 Å². The second-order valence-corrected chi connectivity index (χ2v) is 10.1. The third-order valence-electron chi connectivity index (χ3n) is 6.08. The van der Waals surface area contributed by atoms with Crippen LogP contribution in [0.4, 0.5) is 0 Å². The van der Waals surface area contributed by atoms with E-state index in [1.54, 1.807) is 0 Å². The van der Waals surface area contributed by atoms with Crippen LogP contribution in [0.5, 0.6) is 0 Å². The summed E-state index contributed by atoms with van der Waals surface area (Å²) in [5, 5.41) is 29.0. The fraction of sp³-hybridized carbons (Fsp3) is 1.00. The maximum Gasteiger partial charge on any atom is 0.121 e. The number of nitrogens with two attached hydrogens (primary N) is 1. The molecule has 1 heterocycles. The molecule has 5 atom stereocenters. The molecule has 0 radical (unpaired) electrons. The smallest absolute Gasteiger partial charge is 0.121 e. The first-order valence-corrected chi connectivity index (χ1v) is 13.7. The number of aliphatic hydroxyl groups excluding tert-OH is 3. The average Bonchev–Trinajstić information content (AvgIpc) is 2.78. The number of hydrogen-bond donors (Lipinski definition) is 4. The van der Waals surface area contributed by atoms with Crippen LogP contribution in [0.15, 0.2) is 0 Å². The van der Waals surface area contributed by atoms with Crippen molar-refractivity contribution >= 4 is 11.8 Å². The van der Waals surface area contributed by atoms with Crippen molar-refractivity contribution in [2.45, 2.75) is 127 Å². The van der Waals surface area contributed by atoms with Crippen LogP contribution in [-0.4, -0.2) is 70.7 Å². The van der Waals surface area contributed by atoms with Gasteiger partial charge in [0, 0.05) is 12.4 Å². The van der Waals surface area contributed by atoms with Crippen LogP contribution in [0.1, 0.15) is 96.8 Å². The van der Waals surface area contributed by atoms with Gasteiger partial charge in [-0.05, 0) is 6.42 Å². The number of unbranched alkanes of at least 4 members (excludes halogenated alkanes) is 13. The first-order chi connectivity index (χ1) is 15.1. The molecule has 0 amide bonds. The Morgan fingerprint density at radius 1 is 0.774 bits per heavy atom. The van der Waals surface area contributed by atoms with E-state index in [0.717, 1.165) is 13.0 Å². The second kappa shape index (κ2) is 19.6. The van der Waals surface area contributed by atoms with Gasteiger partial charge in [-0.1, -0.05) is 90.4 Å². The predicted molar refractivity (Wildman–Crippen MR) is 129 cm³/mol. The van der Waals surface area contributed by atoms with Gasteiger partial charge in [0.1, 0.15) is 23.7 Å². The lowest BCUT2D eigenvalue weighted by Gasteiger charge is -2.40. The van der Waals surface area contributed by atoms with E-state index in [1.165, 1.54) is 95.2 Å². The average molecular weight is 464 g/mol. The molecular formula is C24H49NO5S. The van der Waals surface area contributed by atoms with Crippen LogP contribution in [0.25, 0.3) is 0 Å². The molecule has 5 N–H and O–H groups in total. The molecule has 186 valence electrons. The topological polar surface area (TPSA) is 105 Å². The summed E-state index contributed by atoms with van der Waals surface area (Å²) >= 11 is 1.46. The van der Waals surface area contributed by atoms with E-state index in [9.17, 15) is 15.3 Å². The van der Waals surface area contributed by atoms with E-state index < -0.39 is 29.8 Å². The highest BCUT2D eigenvalue weighted by Crippen LogP contribution is 2.27. The van der Waals surface area contributed by atoms with E-state index in [-0.39, 0.29) is 6.61 Å². The molecule has 1 aliphatic rings. The lowest BCUT2D eigenvalue weighted by Crippen LogP contribution is -2.61. The lowest BCUT2D eigenvalue weighted by atomic mass is 9.99. The molecule has 0 aromatic rings. The number of ether oxygens (including phenoxy) is 2. The lowest BCUT2D eigenvalue weighted by molar-refractivity contribution is -0.165. The van der Waals surface area contributed by atoms with Gasteiger partial charge in [-0.3, -0.25) is 0 Å². The second-order valence-electron chi connectivity index (χ2n) is 8.86. The molecule has 0 aromatic carbocycles. The van der Waals surface area contributed by atoms with Crippen LogP contribution in [-0.2, 0) is 9.47 Å². The molecule has 0 spiro atoms. The molecule has 0 aliphatic carbocycles. The van der Waals surface area contributed by atoms with Crippen molar-refractivity contribution in [1.29, 1.82) is 0 Å². The van der Waals surface area contributed by atoms with Crippen molar-refractivity contribution < 1.29 is 24.8 Å². The van der Waals surface area contributed by atoms with Crippen LogP contribution in [0, 0.1) is 0 Å². The third kappa shape index (κ3) is 13.4. The summed E-state index contributed by atoms with van der Waals surface area (Å²) in [6.45, 7) is 3.32. The normalized spacial score (nSPS) is 26.4. The fourth-order valence-electron chi connectivity index (χ4n) is 3.98. The highest BCUT2D eigenvalue weighted by molar-refractivity contribution is 7.99. The number of aliphatic hydroxyl groups is 3. The number of rotatable bonds is 20. The summed E-state index contributed by atoms with van der Waals surface area (Å²) in [5.74, 6) is 0.706. The first-order valence-electron chi connectivity index (χ1n) is 12.7. The minimum Gasteiger partial charge on any atom is -0.394 e. The Morgan fingerprint density at radius 2 is 1.29 bits per heavy atom. The molecular weight excluding hydrogens is 414 g/mol. The standard InChI is InChI=1S/C24H49NO5S/c1-2-3-4-5-6-7-8-9-10-11-12-13-14-15-16-29-17-18-31-24-21(25)23(28)22(27)20(19-26)30-24/h20-24,26-28H,2-19,25H2,1H3/t20?,21?,22-,23?,24+/m1/s1. The van der Waals surface area contributed by atoms with Crippen molar-refractivity contribution in [3.63, 3.8) is 0 Å². The fourth-order valence-corrected chi connectivity index (χ4v) is 5.03. The van der Waals surface area contributed by atoms with Gasteiger partial charge in [0.15, 0.2) is 0 Å². The summed E-state index contributed by atoms with van der Waals surface area (Å²) in [6.07, 6.45) is 15.9. The molecule has 6 nitrogen and oxygen atoms in total. The Balaban J connectivity index is 1.84. The zero-order chi connectivity index (χ0) is 22.7. The summed E-state index contributed by atoms with van der Waals surface area (Å²) < 4.78 is 11.3. The molecule has 1 rings (SSSR count). The van der Waals surface area contributed by atoms with Gasteiger partial charge >= 0.3 is 0 Å². The number of hydrogen-bond acceptors (Lipinski definition) is 7. The summed E-state index contributed by atoms with van der Waals surface area (Å²) in [4.78, 5) is 0. The highest BCUT2D eigenvalue weighted by Gasteiger charge is 2.42. The van der Waals surface area contributed by atoms with Crippen molar-refractivity contribution in [2.24, 2.45) is 5.73 Å². The Labute approximate surface area is 194 Å². The first kappa shape index (κ1) is 29.1. The zero-order valence-electron chi connectivity index (χ0n) is 19.8. The Morgan fingerprint density at radius 3 is 1.81 bits per heavy atom. The molecule has 0 saturated carbocycles. The Bertz CT molecular complexity index is 402. The quantitative estimate of drug-likeness (QED) is 0.202. The Hall–Kier alpha value is 0.110. The summed E-state index contributed by atoms with van der Waals surface area (Å²) in [5.41, 5.74) is 5.48. The van der Waals surface area contributed by atoms with E-state index in [4.69, 9.17) is 15.2 Å². The predicted octanol–water partition coefficient (Wildman–Crippen LogP) is 3.98. The maximum atomic E-state index is 9.96. The molecule has 1 fully saturated rings. The van der Waals surface area contributed by atoms with Gasteiger partial charge < -0.3 is 30.5 Å². The highest BCUT2D eigenvalue weighted by atomic mass is 32.2. The van der Waals surface area contributed by atoms with Gasteiger partial charge in [0.2, 0.25) is 0 Å². The van der Waals surface area contributed by atoms with Gasteiger partial charge in [0.25, 0.3) is 0 Å². The van der Waals surface area contributed by atoms with Gasteiger partial charge in [0.05, 0.1) is 19.3 Å². The molecule has 7 heteroatoms. The molecule has 0 aromatic heterocycles. The van der Waals surface area contributed by atoms with Crippen LogP contribution in [0.2, 0.25) is 0 Å². The Kier molecular flexibility index (Phi) is 18.4. The van der Waals surface area contributed by atoms with E-state index in [0.29, 0.717) is 12.4 Å². The van der Waals surface area contributed by atoms with Crippen LogP contribution < -0.4 is 5.73 Å². The monoisotopic (exact) mass is 463 g/mol. The minimum absolute atomic E-state index is 0.336. The maximum absolute atomic E-state index is 9.96. The van der Waals surface area contributed by atoms with Crippen molar-refractivity contribution in [2.75, 3.05) is 25.6 Å². The SMILES string of the molecule is CCCCCCCCCCCCCCCCOCCS[C@@H]1OC(CO)[C@@H](O)C(O)C1N. The molecule has 1 aliphatic heterocycles. The van der Waals surface area contributed by atoms with Crippen molar-refractivity contribution in [3.05, 3.63) is 0 Å². The zero-order valence-corrected chi connectivity index (χ0v) is 20.6. The largest absolute Gasteiger partial charge is 0.394 e. The minimum atomic E-state index is -1.14. The molecule has 31 heavy (non-hydrogen) atoms. The van der Waals surface area contributed by atoms with Gasteiger partial charge in [-0.25, -0.2) is 0 Å². The molecule has 3 unspecified atom stereocenters. The van der Waals surface area contributed by atoms with E-state index in [1.807, 2.05) is 0 Å². The summed E-state index contributed by atoms with van der Waals surface area (Å²) in [7, 11) is 0. The van der Waals surface area contributed by atoms with Gasteiger partial charge in [-0.2, -0.15) is 0 Å². The van der Waals surface area contributed by atoms with E-state index in [2.05, 4.69) is 6.92 Å². The summed E-state index contributed by atoms with van der Waals surface area (Å²) in [6, 6.07) is -0.673. The molecule has 1 saturated heterocycles. The molecule has 0 bridgehead atoms. The van der Waals surface area contributed by atoms with Gasteiger partial charge in [-0.15, -0.1) is 11.8 Å². The van der Waals surface area contributed by atoms with Crippen LogP contribution in [0.3, 0.4) is 0 Å². The van der Waals surface area contributed by atoms with Crippen LogP contribution >= 0.6 is 11.8 Å². The number of thioether (sulfide) groups is 1.